The van der Waals surface area contributed by atoms with Crippen LogP contribution in [-0.4, -0.2) is 45.5 Å². The first-order valence-corrected chi connectivity index (χ1v) is 12.9. The van der Waals surface area contributed by atoms with Crippen LogP contribution in [0.1, 0.15) is 18.4 Å². The van der Waals surface area contributed by atoms with Crippen molar-refractivity contribution in [1.29, 1.82) is 0 Å². The average molecular weight is 494 g/mol. The molecule has 7 heteroatoms. The van der Waals surface area contributed by atoms with Gasteiger partial charge >= 0.3 is 0 Å². The molecule has 5 aromatic rings. The van der Waals surface area contributed by atoms with Gasteiger partial charge in [-0.05, 0) is 74.2 Å². The number of benzene rings is 3. The average Bonchev–Trinajstić information content (AvgIpc) is 3.33. The molecule has 3 aliphatic rings. The number of imidazole rings is 1. The molecular weight excluding hydrogens is 465 g/mol. The van der Waals surface area contributed by atoms with E-state index in [0.29, 0.717) is 34.1 Å². The minimum atomic E-state index is -0.359. The minimum absolute atomic E-state index is 0.211. The summed E-state index contributed by atoms with van der Waals surface area (Å²) in [6, 6.07) is 19.1. The maximum atomic E-state index is 15.4. The highest BCUT2D eigenvalue weighted by molar-refractivity contribution is 6.01. The molecule has 3 aromatic carbocycles. The van der Waals surface area contributed by atoms with E-state index in [2.05, 4.69) is 20.2 Å². The van der Waals surface area contributed by atoms with Crippen molar-refractivity contribution >= 4 is 27.6 Å². The molecular formula is C30H28FN5O. The minimum Gasteiger partial charge on any atom is -0.379 e. The van der Waals surface area contributed by atoms with Crippen molar-refractivity contribution in [2.24, 2.45) is 5.92 Å². The lowest BCUT2D eigenvalue weighted by Gasteiger charge is -2.45. The van der Waals surface area contributed by atoms with Crippen molar-refractivity contribution < 1.29 is 4.39 Å². The Kier molecular flexibility index (Phi) is 5.15. The Morgan fingerprint density at radius 3 is 2.51 bits per heavy atom. The number of para-hydroxylation sites is 2. The van der Waals surface area contributed by atoms with E-state index in [1.165, 1.54) is 6.07 Å². The van der Waals surface area contributed by atoms with Crippen molar-refractivity contribution in [2.45, 2.75) is 25.8 Å². The van der Waals surface area contributed by atoms with Crippen molar-refractivity contribution in [2.75, 3.05) is 25.0 Å². The third kappa shape index (κ3) is 3.73. The number of pyridine rings is 1. The molecule has 1 atom stereocenters. The van der Waals surface area contributed by atoms with Crippen LogP contribution in [0.15, 0.2) is 65.5 Å². The number of piperidine rings is 3. The van der Waals surface area contributed by atoms with E-state index in [0.717, 1.165) is 60.0 Å². The van der Waals surface area contributed by atoms with Crippen LogP contribution in [0.25, 0.3) is 44.5 Å². The van der Waals surface area contributed by atoms with Crippen LogP contribution in [0.2, 0.25) is 0 Å². The molecule has 5 heterocycles. The summed E-state index contributed by atoms with van der Waals surface area (Å²) >= 11 is 0. The summed E-state index contributed by atoms with van der Waals surface area (Å²) < 4.78 is 15.4. The molecule has 0 saturated carbocycles. The molecule has 0 radical (unpaired) electrons. The normalized spacial score (nSPS) is 21.1. The molecule has 0 aliphatic carbocycles. The maximum absolute atomic E-state index is 15.4. The Morgan fingerprint density at radius 1 is 0.973 bits per heavy atom. The molecule has 3 fully saturated rings. The molecule has 6 nitrogen and oxygen atoms in total. The largest absolute Gasteiger partial charge is 0.379 e. The first-order chi connectivity index (χ1) is 18.0. The van der Waals surface area contributed by atoms with E-state index < -0.39 is 0 Å². The van der Waals surface area contributed by atoms with Crippen molar-refractivity contribution in [1.82, 2.24) is 19.9 Å². The summed E-state index contributed by atoms with van der Waals surface area (Å²) in [6.45, 7) is 5.17. The fourth-order valence-corrected chi connectivity index (χ4v) is 6.16. The van der Waals surface area contributed by atoms with Crippen LogP contribution in [0.3, 0.4) is 0 Å². The number of anilines is 1. The summed E-state index contributed by atoms with van der Waals surface area (Å²) in [5.74, 6) is 0.691. The number of nitrogens with zero attached hydrogens (tertiary/aromatic N) is 2. The summed E-state index contributed by atoms with van der Waals surface area (Å²) in [5, 5.41) is 4.56. The third-order valence-electron chi connectivity index (χ3n) is 8.15. The Bertz CT molecular complexity index is 1680. The van der Waals surface area contributed by atoms with Gasteiger partial charge in [0.2, 0.25) is 0 Å². The lowest BCUT2D eigenvalue weighted by molar-refractivity contribution is 0.0976. The summed E-state index contributed by atoms with van der Waals surface area (Å²) in [5.41, 5.74) is 5.37. The molecule has 2 bridgehead atoms. The van der Waals surface area contributed by atoms with E-state index in [1.54, 1.807) is 0 Å². The molecule has 186 valence electrons. The number of aromatic amines is 2. The van der Waals surface area contributed by atoms with Gasteiger partial charge in [0.1, 0.15) is 17.2 Å². The van der Waals surface area contributed by atoms with Gasteiger partial charge in [-0.25, -0.2) is 9.37 Å². The molecule has 0 unspecified atom stereocenters. The van der Waals surface area contributed by atoms with E-state index in [4.69, 9.17) is 4.98 Å². The fraction of sp³-hybridized carbons (Fsp3) is 0.267. The molecule has 0 amide bonds. The van der Waals surface area contributed by atoms with Crippen LogP contribution in [0.5, 0.6) is 0 Å². The maximum Gasteiger partial charge on any atom is 0.261 e. The summed E-state index contributed by atoms with van der Waals surface area (Å²) in [7, 11) is 0. The first-order valence-electron chi connectivity index (χ1n) is 12.9. The Hall–Kier alpha value is -3.97. The number of halogens is 1. The second-order valence-electron chi connectivity index (χ2n) is 10.4. The number of hydrogen-bond acceptors (Lipinski definition) is 4. The van der Waals surface area contributed by atoms with E-state index in [9.17, 15) is 4.79 Å². The fourth-order valence-electron chi connectivity index (χ4n) is 6.16. The highest BCUT2D eigenvalue weighted by Gasteiger charge is 2.35. The van der Waals surface area contributed by atoms with Crippen LogP contribution >= 0.6 is 0 Å². The van der Waals surface area contributed by atoms with Gasteiger partial charge in [0.05, 0.1) is 22.2 Å². The first kappa shape index (κ1) is 22.2. The van der Waals surface area contributed by atoms with E-state index in [-0.39, 0.29) is 17.4 Å². The SMILES string of the molecule is Cc1ccccc1-c1cc2c(N[C@H]3CN4CCC3CC4)c(-c3nc4ccccc4[nH]3)c(=O)[nH]c2cc1F. The molecule has 0 spiro atoms. The number of H-pyrrole nitrogens is 2. The number of rotatable bonds is 4. The van der Waals surface area contributed by atoms with Gasteiger partial charge in [0.25, 0.3) is 5.56 Å². The number of aryl methyl sites for hydroxylation is 1. The van der Waals surface area contributed by atoms with Crippen LogP contribution in [-0.2, 0) is 0 Å². The van der Waals surface area contributed by atoms with E-state index in [1.807, 2.05) is 61.5 Å². The summed E-state index contributed by atoms with van der Waals surface area (Å²) in [4.78, 5) is 27.1. The number of nitrogens with one attached hydrogen (secondary N) is 3. The van der Waals surface area contributed by atoms with Crippen molar-refractivity contribution in [3.8, 4) is 22.5 Å². The van der Waals surface area contributed by atoms with Gasteiger partial charge in [-0.2, -0.15) is 0 Å². The van der Waals surface area contributed by atoms with Gasteiger partial charge in [0, 0.05) is 23.5 Å². The zero-order valence-corrected chi connectivity index (χ0v) is 20.6. The monoisotopic (exact) mass is 493 g/mol. The molecule has 3 aliphatic heterocycles. The molecule has 3 saturated heterocycles. The zero-order chi connectivity index (χ0) is 25.1. The van der Waals surface area contributed by atoms with Gasteiger partial charge in [-0.15, -0.1) is 0 Å². The quantitative estimate of drug-likeness (QED) is 0.301. The smallest absolute Gasteiger partial charge is 0.261 e. The Labute approximate surface area is 213 Å². The standard InChI is InChI=1S/C30H28FN5O/c1-17-6-2-3-7-19(17)20-14-21-25(15-22(20)31)35-30(37)27(29-33-23-8-4-5-9-24(23)34-29)28(21)32-26-16-36-12-10-18(26)11-13-36/h2-9,14-15,18,26H,10-13,16H2,1H3,(H,33,34)(H2,32,35,37)/t26-/m0/s1. The second kappa shape index (κ2) is 8.56. The number of aromatic nitrogens is 3. The van der Waals surface area contributed by atoms with Gasteiger partial charge in [-0.3, -0.25) is 4.79 Å². The molecule has 3 N–H and O–H groups in total. The van der Waals surface area contributed by atoms with Crippen LogP contribution in [0, 0.1) is 18.7 Å². The predicted octanol–water partition coefficient (Wildman–Crippen LogP) is 5.69. The van der Waals surface area contributed by atoms with E-state index >= 15 is 4.39 Å². The highest BCUT2D eigenvalue weighted by Crippen LogP contribution is 2.38. The molecule has 2 aromatic heterocycles. The van der Waals surface area contributed by atoms with Crippen LogP contribution < -0.4 is 10.9 Å². The van der Waals surface area contributed by atoms with Gasteiger partial charge in [0.15, 0.2) is 0 Å². The lowest BCUT2D eigenvalue weighted by atomic mass is 9.83. The molecule has 37 heavy (non-hydrogen) atoms. The Balaban J connectivity index is 1.48. The summed E-state index contributed by atoms with van der Waals surface area (Å²) in [6.07, 6.45) is 2.28. The number of fused-ring (bicyclic) bond motifs is 5. The highest BCUT2D eigenvalue weighted by atomic mass is 19.1. The van der Waals surface area contributed by atoms with Crippen LogP contribution in [0.4, 0.5) is 10.1 Å². The Morgan fingerprint density at radius 2 is 1.76 bits per heavy atom. The van der Waals surface area contributed by atoms with Crippen molar-refractivity contribution in [3.05, 3.63) is 82.4 Å². The van der Waals surface area contributed by atoms with Gasteiger partial charge in [-0.1, -0.05) is 36.4 Å². The topological polar surface area (TPSA) is 76.8 Å². The molecule has 8 rings (SSSR count). The zero-order valence-electron chi connectivity index (χ0n) is 20.6. The van der Waals surface area contributed by atoms with Crippen molar-refractivity contribution in [3.63, 3.8) is 0 Å². The predicted molar refractivity (Wildman–Crippen MR) is 146 cm³/mol. The third-order valence-corrected chi connectivity index (χ3v) is 8.15. The second-order valence-corrected chi connectivity index (χ2v) is 10.4. The number of hydrogen-bond donors (Lipinski definition) is 3. The lowest BCUT2D eigenvalue weighted by Crippen LogP contribution is -2.53. The van der Waals surface area contributed by atoms with Gasteiger partial charge < -0.3 is 20.2 Å².